The van der Waals surface area contributed by atoms with Crippen molar-refractivity contribution in [3.8, 4) is 0 Å². The first-order valence-corrected chi connectivity index (χ1v) is 8.38. The number of hydrogen-bond donors (Lipinski definition) is 2. The Kier molecular flexibility index (Phi) is 11.8. The molecule has 0 radical (unpaired) electrons. The van der Waals surface area contributed by atoms with Gasteiger partial charge in [0.25, 0.3) is 0 Å². The number of hydrogen-bond acceptors (Lipinski definition) is 4. The normalized spacial score (nSPS) is 15.7. The lowest BCUT2D eigenvalue weighted by molar-refractivity contribution is -0.146. The van der Waals surface area contributed by atoms with Gasteiger partial charge in [0.2, 0.25) is 5.91 Å². The average molecular weight is 454 g/mol. The summed E-state index contributed by atoms with van der Waals surface area (Å²) in [4.78, 5) is 29.8. The molecule has 1 saturated heterocycles. The maximum atomic E-state index is 11.6. The highest BCUT2D eigenvalue weighted by molar-refractivity contribution is 14.0. The number of amides is 1. The fraction of sp³-hybridized carbons (Fsp3) is 0.812. The molecule has 0 aromatic heterocycles. The van der Waals surface area contributed by atoms with Crippen molar-refractivity contribution in [1.82, 2.24) is 15.5 Å². The molecular formula is C16H31IN4O3. The van der Waals surface area contributed by atoms with E-state index in [0.29, 0.717) is 13.1 Å². The third-order valence-electron chi connectivity index (χ3n) is 3.86. The molecule has 0 aliphatic carbocycles. The summed E-state index contributed by atoms with van der Waals surface area (Å²) >= 11 is 0. The van der Waals surface area contributed by atoms with Crippen molar-refractivity contribution in [3.05, 3.63) is 0 Å². The van der Waals surface area contributed by atoms with Crippen LogP contribution in [0.15, 0.2) is 4.99 Å². The molecule has 1 aliphatic rings. The highest BCUT2D eigenvalue weighted by Crippen LogP contribution is 2.18. The summed E-state index contributed by atoms with van der Waals surface area (Å²) in [6, 6.07) is 0. The number of rotatable bonds is 6. The van der Waals surface area contributed by atoms with Crippen molar-refractivity contribution in [2.75, 3.05) is 39.8 Å². The van der Waals surface area contributed by atoms with Crippen LogP contribution in [0.4, 0.5) is 0 Å². The molecule has 1 amide bonds. The van der Waals surface area contributed by atoms with Crippen molar-refractivity contribution in [2.45, 2.75) is 33.6 Å². The maximum absolute atomic E-state index is 11.6. The van der Waals surface area contributed by atoms with Crippen LogP contribution in [0.5, 0.6) is 0 Å². The van der Waals surface area contributed by atoms with Gasteiger partial charge in [-0.2, -0.15) is 0 Å². The summed E-state index contributed by atoms with van der Waals surface area (Å²) in [7, 11) is 1.44. The van der Waals surface area contributed by atoms with Crippen LogP contribution in [0.1, 0.15) is 33.6 Å². The second-order valence-electron chi connectivity index (χ2n) is 5.97. The SMILES string of the molecule is CCNC(=NCCNC(=O)C(C)C)N1CCC(C(=O)OC)CC1.I. The van der Waals surface area contributed by atoms with E-state index in [9.17, 15) is 9.59 Å². The Bertz CT molecular complexity index is 422. The largest absolute Gasteiger partial charge is 0.469 e. The molecule has 8 heteroatoms. The zero-order valence-electron chi connectivity index (χ0n) is 15.1. The van der Waals surface area contributed by atoms with Crippen molar-refractivity contribution >= 4 is 41.8 Å². The number of methoxy groups -OCH3 is 1. The minimum atomic E-state index is -0.122. The summed E-state index contributed by atoms with van der Waals surface area (Å²) in [5, 5.41) is 6.13. The van der Waals surface area contributed by atoms with Crippen molar-refractivity contribution in [2.24, 2.45) is 16.8 Å². The molecule has 7 nitrogen and oxygen atoms in total. The first kappa shape index (κ1) is 22.9. The number of halogens is 1. The summed E-state index contributed by atoms with van der Waals surface area (Å²) in [6.45, 7) is 9.18. The number of aliphatic imine (C=N–C) groups is 1. The number of carbonyl (C=O) groups excluding carboxylic acids is 2. The molecule has 140 valence electrons. The first-order chi connectivity index (χ1) is 11.0. The molecule has 2 N–H and O–H groups in total. The van der Waals surface area contributed by atoms with Crippen molar-refractivity contribution in [1.29, 1.82) is 0 Å². The average Bonchev–Trinajstić information content (AvgIpc) is 2.56. The minimum absolute atomic E-state index is 0. The number of piperidine rings is 1. The quantitative estimate of drug-likeness (QED) is 0.208. The van der Waals surface area contributed by atoms with Gasteiger partial charge >= 0.3 is 5.97 Å². The van der Waals surface area contributed by atoms with Crippen LogP contribution >= 0.6 is 24.0 Å². The van der Waals surface area contributed by atoms with Crippen LogP contribution in [0.25, 0.3) is 0 Å². The van der Waals surface area contributed by atoms with E-state index in [1.165, 1.54) is 7.11 Å². The number of carbonyl (C=O) groups is 2. The van der Waals surface area contributed by atoms with E-state index >= 15 is 0 Å². The van der Waals surface area contributed by atoms with Gasteiger partial charge in [0, 0.05) is 32.1 Å². The van der Waals surface area contributed by atoms with Crippen LogP contribution in [0, 0.1) is 11.8 Å². The van der Waals surface area contributed by atoms with Crippen LogP contribution in [-0.2, 0) is 14.3 Å². The van der Waals surface area contributed by atoms with E-state index in [1.54, 1.807) is 0 Å². The molecule has 1 fully saturated rings. The number of guanidine groups is 1. The van der Waals surface area contributed by atoms with Crippen LogP contribution < -0.4 is 10.6 Å². The van der Waals surface area contributed by atoms with Gasteiger partial charge in [0.05, 0.1) is 19.6 Å². The predicted molar refractivity (Wildman–Crippen MR) is 106 cm³/mol. The molecule has 24 heavy (non-hydrogen) atoms. The lowest BCUT2D eigenvalue weighted by Gasteiger charge is -2.33. The van der Waals surface area contributed by atoms with E-state index in [2.05, 4.69) is 20.5 Å². The van der Waals surface area contributed by atoms with Gasteiger partial charge in [-0.15, -0.1) is 24.0 Å². The lowest BCUT2D eigenvalue weighted by Crippen LogP contribution is -2.47. The summed E-state index contributed by atoms with van der Waals surface area (Å²) in [6.07, 6.45) is 1.56. The van der Waals surface area contributed by atoms with Gasteiger partial charge in [-0.1, -0.05) is 13.8 Å². The van der Waals surface area contributed by atoms with E-state index in [-0.39, 0.29) is 47.7 Å². The van der Waals surface area contributed by atoms with Gasteiger partial charge in [0.1, 0.15) is 0 Å². The number of ether oxygens (including phenoxy) is 1. The smallest absolute Gasteiger partial charge is 0.308 e. The van der Waals surface area contributed by atoms with E-state index in [0.717, 1.165) is 38.4 Å². The van der Waals surface area contributed by atoms with Gasteiger partial charge in [0.15, 0.2) is 5.96 Å². The highest BCUT2D eigenvalue weighted by Gasteiger charge is 2.26. The van der Waals surface area contributed by atoms with E-state index < -0.39 is 0 Å². The topological polar surface area (TPSA) is 83.0 Å². The Labute approximate surface area is 162 Å². The van der Waals surface area contributed by atoms with E-state index in [1.807, 2.05) is 20.8 Å². The molecule has 0 bridgehead atoms. The zero-order chi connectivity index (χ0) is 17.2. The van der Waals surface area contributed by atoms with Gasteiger partial charge in [-0.3, -0.25) is 14.6 Å². The van der Waals surface area contributed by atoms with Crippen molar-refractivity contribution in [3.63, 3.8) is 0 Å². The molecule has 0 aromatic rings. The van der Waals surface area contributed by atoms with Crippen LogP contribution in [0.2, 0.25) is 0 Å². The lowest BCUT2D eigenvalue weighted by atomic mass is 9.97. The standard InChI is InChI=1S/C16H30N4O3.HI/c1-5-17-16(19-9-8-18-14(21)12(2)3)20-10-6-13(7-11-20)15(22)23-4;/h12-13H,5-11H2,1-4H3,(H,17,19)(H,18,21);1H. The predicted octanol–water partition coefficient (Wildman–Crippen LogP) is 1.23. The number of esters is 1. The molecule has 0 aromatic carbocycles. The number of likely N-dealkylation sites (tertiary alicyclic amines) is 1. The Morgan fingerprint density at radius 1 is 1.25 bits per heavy atom. The van der Waals surface area contributed by atoms with Gasteiger partial charge in [-0.25, -0.2) is 0 Å². The fourth-order valence-electron chi connectivity index (χ4n) is 2.46. The monoisotopic (exact) mass is 454 g/mol. The Hall–Kier alpha value is -1.06. The van der Waals surface area contributed by atoms with Gasteiger partial charge in [-0.05, 0) is 19.8 Å². The molecule has 0 spiro atoms. The third-order valence-corrected chi connectivity index (χ3v) is 3.86. The van der Waals surface area contributed by atoms with Crippen molar-refractivity contribution < 1.29 is 14.3 Å². The Morgan fingerprint density at radius 2 is 1.88 bits per heavy atom. The van der Waals surface area contributed by atoms with Crippen LogP contribution in [-0.4, -0.2) is 62.6 Å². The van der Waals surface area contributed by atoms with Crippen LogP contribution in [0.3, 0.4) is 0 Å². The summed E-state index contributed by atoms with van der Waals surface area (Å²) in [5.74, 6) is 0.746. The van der Waals surface area contributed by atoms with Gasteiger partial charge < -0.3 is 20.3 Å². The summed E-state index contributed by atoms with van der Waals surface area (Å²) < 4.78 is 4.81. The third kappa shape index (κ3) is 7.67. The highest BCUT2D eigenvalue weighted by atomic mass is 127. The van der Waals surface area contributed by atoms with E-state index in [4.69, 9.17) is 4.74 Å². The number of nitrogens with zero attached hydrogens (tertiary/aromatic N) is 2. The summed E-state index contributed by atoms with van der Waals surface area (Å²) in [5.41, 5.74) is 0. The maximum Gasteiger partial charge on any atom is 0.308 e. The Morgan fingerprint density at radius 3 is 2.38 bits per heavy atom. The second kappa shape index (κ2) is 12.3. The minimum Gasteiger partial charge on any atom is -0.469 e. The first-order valence-electron chi connectivity index (χ1n) is 8.38. The number of nitrogens with one attached hydrogen (secondary N) is 2. The second-order valence-corrected chi connectivity index (χ2v) is 5.97. The molecular weight excluding hydrogens is 423 g/mol. The molecule has 0 atom stereocenters. The molecule has 1 rings (SSSR count). The fourth-order valence-corrected chi connectivity index (χ4v) is 2.46. The molecule has 0 unspecified atom stereocenters. The Balaban J connectivity index is 0.00000529. The molecule has 1 heterocycles. The molecule has 1 aliphatic heterocycles. The molecule has 0 saturated carbocycles. The zero-order valence-corrected chi connectivity index (χ0v) is 17.5.